The van der Waals surface area contributed by atoms with E-state index in [-0.39, 0.29) is 34.8 Å². The first kappa shape index (κ1) is 28.9. The Hall–Kier alpha value is -3.63. The van der Waals surface area contributed by atoms with Crippen LogP contribution in [0.1, 0.15) is 34.6 Å². The molecule has 0 unspecified atom stereocenters. The Balaban J connectivity index is 1.81. The van der Waals surface area contributed by atoms with Crippen LogP contribution < -0.4 is 9.47 Å². The van der Waals surface area contributed by atoms with E-state index >= 15 is 0 Å². The molecule has 0 N–H and O–H groups in total. The summed E-state index contributed by atoms with van der Waals surface area (Å²) in [6.07, 6.45) is 0.566. The van der Waals surface area contributed by atoms with Crippen LogP contribution in [0.4, 0.5) is 5.69 Å². The van der Waals surface area contributed by atoms with Crippen LogP contribution in [0.3, 0.4) is 0 Å². The highest BCUT2D eigenvalue weighted by Crippen LogP contribution is 2.28. The number of nitrogens with zero attached hydrogens (tertiary/aromatic N) is 3. The zero-order valence-corrected chi connectivity index (χ0v) is 23.3. The Morgan fingerprint density at radius 3 is 2.42 bits per heavy atom. The minimum atomic E-state index is -0.638. The van der Waals surface area contributed by atoms with Gasteiger partial charge in [0.2, 0.25) is 5.91 Å². The summed E-state index contributed by atoms with van der Waals surface area (Å²) in [5, 5.41) is 13.2. The average Bonchev–Trinajstić information content (AvgIpc) is 3.42. The Morgan fingerprint density at radius 2 is 1.82 bits per heavy atom. The van der Waals surface area contributed by atoms with E-state index in [0.29, 0.717) is 31.0 Å². The van der Waals surface area contributed by atoms with Crippen molar-refractivity contribution >= 4 is 40.4 Å². The van der Waals surface area contributed by atoms with Gasteiger partial charge in [0.1, 0.15) is 11.6 Å². The molecular weight excluding hydrogens is 530 g/mol. The number of amides is 2. The third-order valence-electron chi connectivity index (χ3n) is 5.98. The van der Waals surface area contributed by atoms with Crippen LogP contribution in [-0.2, 0) is 17.8 Å². The minimum absolute atomic E-state index is 0.0593. The fraction of sp³-hybridized carbons (Fsp3) is 0.333. The summed E-state index contributed by atoms with van der Waals surface area (Å²) in [7, 11) is 3.14. The van der Waals surface area contributed by atoms with Gasteiger partial charge in [-0.1, -0.05) is 23.7 Å². The van der Waals surface area contributed by atoms with Crippen LogP contribution in [-0.4, -0.2) is 59.9 Å². The number of carbonyl (C=O) groups excluding carboxylic acids is 2. The van der Waals surface area contributed by atoms with Gasteiger partial charge in [-0.2, -0.15) is 0 Å². The third kappa shape index (κ3) is 7.23. The first-order valence-corrected chi connectivity index (χ1v) is 13.2. The molecule has 0 aliphatic carbocycles. The SMILES string of the molecule is COc1ccc(CCN(Cc2cccs2)C(=O)CN(C(=O)c2ccc(Cl)c([N+](=O)[O-])c2)C(C)C)cc1OC. The lowest BCUT2D eigenvalue weighted by atomic mass is 10.1. The van der Waals surface area contributed by atoms with Gasteiger partial charge >= 0.3 is 0 Å². The number of thiophene rings is 1. The maximum atomic E-state index is 13.6. The fourth-order valence-electron chi connectivity index (χ4n) is 3.87. The van der Waals surface area contributed by atoms with Crippen molar-refractivity contribution in [1.82, 2.24) is 9.80 Å². The van der Waals surface area contributed by atoms with Gasteiger partial charge in [0.15, 0.2) is 11.5 Å². The molecule has 0 radical (unpaired) electrons. The number of nitro benzene ring substituents is 1. The van der Waals surface area contributed by atoms with Crippen molar-refractivity contribution in [2.24, 2.45) is 0 Å². The molecule has 3 rings (SSSR count). The Kier molecular flexibility index (Phi) is 10.1. The predicted molar refractivity (Wildman–Crippen MR) is 147 cm³/mol. The number of halogens is 1. The van der Waals surface area contributed by atoms with Gasteiger partial charge in [-0.3, -0.25) is 19.7 Å². The maximum absolute atomic E-state index is 13.6. The average molecular weight is 560 g/mol. The zero-order chi connectivity index (χ0) is 27.8. The topological polar surface area (TPSA) is 102 Å². The Labute approximate surface area is 230 Å². The molecule has 2 amide bonds. The second-order valence-electron chi connectivity index (χ2n) is 8.78. The highest BCUT2D eigenvalue weighted by Gasteiger charge is 2.26. The number of nitro groups is 1. The summed E-state index contributed by atoms with van der Waals surface area (Å²) in [4.78, 5) is 41.7. The van der Waals surface area contributed by atoms with E-state index in [0.717, 1.165) is 16.5 Å². The number of methoxy groups -OCH3 is 2. The molecule has 0 aliphatic heterocycles. The van der Waals surface area contributed by atoms with E-state index in [1.165, 1.54) is 17.0 Å². The number of benzene rings is 2. The van der Waals surface area contributed by atoms with Gasteiger partial charge in [-0.05, 0) is 61.5 Å². The van der Waals surface area contributed by atoms with Gasteiger partial charge in [0.25, 0.3) is 11.6 Å². The molecule has 11 heteroatoms. The van der Waals surface area contributed by atoms with Crippen LogP contribution in [0, 0.1) is 10.1 Å². The Morgan fingerprint density at radius 1 is 1.08 bits per heavy atom. The molecule has 38 heavy (non-hydrogen) atoms. The van der Waals surface area contributed by atoms with E-state index in [2.05, 4.69) is 0 Å². The fourth-order valence-corrected chi connectivity index (χ4v) is 4.77. The smallest absolute Gasteiger partial charge is 0.288 e. The molecule has 0 aliphatic rings. The number of hydrogen-bond acceptors (Lipinski definition) is 7. The zero-order valence-electron chi connectivity index (χ0n) is 21.7. The molecule has 0 atom stereocenters. The molecule has 1 heterocycles. The number of rotatable bonds is 12. The molecule has 202 valence electrons. The highest BCUT2D eigenvalue weighted by molar-refractivity contribution is 7.09. The van der Waals surface area contributed by atoms with Crippen LogP contribution in [0.5, 0.6) is 11.5 Å². The van der Waals surface area contributed by atoms with Crippen molar-refractivity contribution in [3.8, 4) is 11.5 Å². The van der Waals surface area contributed by atoms with Gasteiger partial charge < -0.3 is 19.3 Å². The second kappa shape index (κ2) is 13.3. The molecule has 0 bridgehead atoms. The minimum Gasteiger partial charge on any atom is -0.493 e. The molecular formula is C27H30ClN3O6S. The van der Waals surface area contributed by atoms with Crippen LogP contribution in [0.2, 0.25) is 5.02 Å². The number of ether oxygens (including phenoxy) is 2. The lowest BCUT2D eigenvalue weighted by Crippen LogP contribution is -2.46. The normalized spacial score (nSPS) is 10.8. The monoisotopic (exact) mass is 559 g/mol. The Bertz CT molecular complexity index is 1280. The number of hydrogen-bond donors (Lipinski definition) is 0. The molecule has 0 fully saturated rings. The molecule has 9 nitrogen and oxygen atoms in total. The first-order valence-electron chi connectivity index (χ1n) is 11.9. The number of carbonyl (C=O) groups is 2. The quantitative estimate of drug-likeness (QED) is 0.216. The molecule has 0 saturated heterocycles. The summed E-state index contributed by atoms with van der Waals surface area (Å²) >= 11 is 7.46. The van der Waals surface area contributed by atoms with Crippen molar-refractivity contribution in [2.75, 3.05) is 27.3 Å². The van der Waals surface area contributed by atoms with E-state index in [1.54, 1.807) is 44.3 Å². The van der Waals surface area contributed by atoms with Gasteiger partial charge in [0, 0.05) is 29.1 Å². The summed E-state index contributed by atoms with van der Waals surface area (Å²) < 4.78 is 10.7. The largest absolute Gasteiger partial charge is 0.493 e. The van der Waals surface area contributed by atoms with E-state index in [9.17, 15) is 19.7 Å². The molecule has 0 saturated carbocycles. The van der Waals surface area contributed by atoms with E-state index in [4.69, 9.17) is 21.1 Å². The van der Waals surface area contributed by atoms with Gasteiger partial charge in [-0.15, -0.1) is 11.3 Å². The van der Waals surface area contributed by atoms with Crippen molar-refractivity contribution in [3.63, 3.8) is 0 Å². The highest BCUT2D eigenvalue weighted by atomic mass is 35.5. The maximum Gasteiger partial charge on any atom is 0.288 e. The summed E-state index contributed by atoms with van der Waals surface area (Å²) in [6, 6.07) is 13.1. The standard InChI is InChI=1S/C27H30ClN3O6S/c1-18(2)30(27(33)20-8-9-22(28)23(15-20)31(34)35)17-26(32)29(16-21-6-5-13-38-21)12-11-19-7-10-24(36-3)25(14-19)37-4/h5-10,13-15,18H,11-12,16-17H2,1-4H3. The van der Waals surface area contributed by atoms with Gasteiger partial charge in [0.05, 0.1) is 25.7 Å². The first-order chi connectivity index (χ1) is 18.1. The second-order valence-corrected chi connectivity index (χ2v) is 10.2. The molecule has 2 aromatic carbocycles. The van der Waals surface area contributed by atoms with E-state index in [1.807, 2.05) is 35.7 Å². The van der Waals surface area contributed by atoms with Crippen LogP contribution in [0.25, 0.3) is 0 Å². The van der Waals surface area contributed by atoms with Crippen molar-refractivity contribution in [3.05, 3.63) is 85.1 Å². The molecule has 3 aromatic rings. The summed E-state index contributed by atoms with van der Waals surface area (Å²) in [5.41, 5.74) is 0.705. The predicted octanol–water partition coefficient (Wildman–Crippen LogP) is 5.45. The van der Waals surface area contributed by atoms with E-state index < -0.39 is 10.8 Å². The summed E-state index contributed by atoms with van der Waals surface area (Å²) in [6.45, 7) is 4.23. The lowest BCUT2D eigenvalue weighted by molar-refractivity contribution is -0.384. The van der Waals surface area contributed by atoms with Crippen molar-refractivity contribution < 1.29 is 24.0 Å². The lowest BCUT2D eigenvalue weighted by Gasteiger charge is -2.30. The van der Waals surface area contributed by atoms with Gasteiger partial charge in [-0.25, -0.2) is 0 Å². The molecule has 1 aromatic heterocycles. The summed E-state index contributed by atoms with van der Waals surface area (Å²) in [5.74, 6) is 0.513. The van der Waals surface area contributed by atoms with Crippen molar-refractivity contribution in [2.45, 2.75) is 32.9 Å². The van der Waals surface area contributed by atoms with Crippen molar-refractivity contribution in [1.29, 1.82) is 0 Å². The van der Waals surface area contributed by atoms with Crippen LogP contribution in [0.15, 0.2) is 53.9 Å². The van der Waals surface area contributed by atoms with Crippen LogP contribution >= 0.6 is 22.9 Å². The third-order valence-corrected chi connectivity index (χ3v) is 7.16. The molecule has 0 spiro atoms.